The molecule has 2 amide bonds. The molecule has 2 atom stereocenters. The van der Waals surface area contributed by atoms with Crippen molar-refractivity contribution < 1.29 is 18.3 Å². The summed E-state index contributed by atoms with van der Waals surface area (Å²) < 4.78 is 31.2. The first-order valence-corrected chi connectivity index (χ1v) is 8.30. The van der Waals surface area contributed by atoms with E-state index in [-0.39, 0.29) is 35.1 Å². The van der Waals surface area contributed by atoms with Crippen LogP contribution in [0, 0.1) is 11.3 Å². The van der Waals surface area contributed by atoms with Crippen molar-refractivity contribution in [1.82, 2.24) is 20.6 Å². The Morgan fingerprint density at radius 1 is 1.42 bits per heavy atom. The van der Waals surface area contributed by atoms with Crippen LogP contribution in [0.2, 0.25) is 0 Å². The highest BCUT2D eigenvalue weighted by atomic mass is 19.3. The number of aromatic nitrogens is 2. The molecule has 4 rings (SSSR count). The second-order valence-electron chi connectivity index (χ2n) is 6.95. The van der Waals surface area contributed by atoms with Crippen molar-refractivity contribution in [1.29, 1.82) is 0 Å². The minimum Gasteiger partial charge on any atom is -0.374 e. The number of nitrogens with zero attached hydrogens (tertiary/aromatic N) is 2. The number of hydrogen-bond acceptors (Lipinski definition) is 4. The Kier molecular flexibility index (Phi) is 3.67. The van der Waals surface area contributed by atoms with Crippen molar-refractivity contribution in [3.8, 4) is 0 Å². The molecule has 2 heterocycles. The molecule has 3 aliphatic rings. The van der Waals surface area contributed by atoms with Crippen LogP contribution in [0.4, 0.5) is 13.6 Å². The molecule has 1 spiro atoms. The normalized spacial score (nSPS) is 29.2. The molecule has 0 radical (unpaired) electrons. The van der Waals surface area contributed by atoms with E-state index in [0.29, 0.717) is 12.5 Å². The van der Waals surface area contributed by atoms with Crippen LogP contribution >= 0.6 is 0 Å². The SMILES string of the molecule is O=C(NCc1nccc(C(F)F)n1)NC[C@]12C[C@H]1COC21CCC1. The summed E-state index contributed by atoms with van der Waals surface area (Å²) in [5.74, 6) is 0.731. The van der Waals surface area contributed by atoms with E-state index in [0.717, 1.165) is 25.9 Å². The molecule has 3 fully saturated rings. The number of ether oxygens (including phenoxy) is 1. The van der Waals surface area contributed by atoms with Gasteiger partial charge < -0.3 is 15.4 Å². The first-order chi connectivity index (χ1) is 11.5. The number of carbonyl (C=O) groups is 1. The lowest BCUT2D eigenvalue weighted by Crippen LogP contribution is -2.51. The van der Waals surface area contributed by atoms with E-state index in [9.17, 15) is 13.6 Å². The topological polar surface area (TPSA) is 76.1 Å². The highest BCUT2D eigenvalue weighted by molar-refractivity contribution is 5.73. The average molecular weight is 338 g/mol. The Morgan fingerprint density at radius 2 is 2.25 bits per heavy atom. The van der Waals surface area contributed by atoms with E-state index in [1.54, 1.807) is 0 Å². The standard InChI is InChI=1S/C16H20F2N4O2/c17-13(18)11-2-5-19-12(22-11)7-20-14(23)21-9-15-6-10(15)8-24-16(15)3-1-4-16/h2,5,10,13H,1,3-4,6-9H2,(H2,20,21,23)/t10-,15+/m0/s1. The predicted molar refractivity (Wildman–Crippen MR) is 80.3 cm³/mol. The highest BCUT2D eigenvalue weighted by Crippen LogP contribution is 2.70. The van der Waals surface area contributed by atoms with Gasteiger partial charge in [0.1, 0.15) is 11.5 Å². The third-order valence-electron chi connectivity index (χ3n) is 5.78. The summed E-state index contributed by atoms with van der Waals surface area (Å²) in [6, 6.07) is 0.834. The van der Waals surface area contributed by atoms with Gasteiger partial charge in [0.25, 0.3) is 6.43 Å². The molecule has 130 valence electrons. The molecule has 1 aromatic rings. The maximum Gasteiger partial charge on any atom is 0.315 e. The van der Waals surface area contributed by atoms with Gasteiger partial charge in [-0.2, -0.15) is 0 Å². The number of fused-ring (bicyclic) bond motifs is 2. The van der Waals surface area contributed by atoms with E-state index in [1.807, 2.05) is 0 Å². The minimum atomic E-state index is -2.65. The maximum absolute atomic E-state index is 12.6. The van der Waals surface area contributed by atoms with Crippen molar-refractivity contribution in [3.05, 3.63) is 23.8 Å². The summed E-state index contributed by atoms with van der Waals surface area (Å²) in [5.41, 5.74) is -0.245. The molecule has 1 aromatic heterocycles. The Morgan fingerprint density at radius 3 is 2.92 bits per heavy atom. The molecule has 0 bridgehead atoms. The molecule has 1 aliphatic heterocycles. The zero-order valence-corrected chi connectivity index (χ0v) is 13.2. The molecule has 8 heteroatoms. The minimum absolute atomic E-state index is 0.0142. The number of hydrogen-bond donors (Lipinski definition) is 2. The monoisotopic (exact) mass is 338 g/mol. The van der Waals surface area contributed by atoms with Crippen LogP contribution in [0.3, 0.4) is 0 Å². The zero-order valence-electron chi connectivity index (χ0n) is 13.2. The number of urea groups is 1. The number of halogens is 2. The number of amides is 2. The summed E-state index contributed by atoms with van der Waals surface area (Å²) in [4.78, 5) is 19.6. The van der Waals surface area contributed by atoms with Gasteiger partial charge in [-0.15, -0.1) is 0 Å². The average Bonchev–Trinajstić information content (AvgIpc) is 3.16. The van der Waals surface area contributed by atoms with E-state index in [4.69, 9.17) is 4.74 Å². The fraction of sp³-hybridized carbons (Fsp3) is 0.688. The molecule has 2 N–H and O–H groups in total. The first-order valence-electron chi connectivity index (χ1n) is 8.30. The fourth-order valence-electron chi connectivity index (χ4n) is 4.16. The van der Waals surface area contributed by atoms with Crippen molar-refractivity contribution >= 4 is 6.03 Å². The fourth-order valence-corrected chi connectivity index (χ4v) is 4.16. The van der Waals surface area contributed by atoms with Gasteiger partial charge in [-0.3, -0.25) is 0 Å². The van der Waals surface area contributed by atoms with Gasteiger partial charge in [0.2, 0.25) is 0 Å². The second kappa shape index (κ2) is 5.61. The Labute approximate surface area is 138 Å². The van der Waals surface area contributed by atoms with Gasteiger partial charge in [0.05, 0.1) is 18.8 Å². The maximum atomic E-state index is 12.6. The van der Waals surface area contributed by atoms with Gasteiger partial charge in [0, 0.05) is 18.2 Å². The largest absolute Gasteiger partial charge is 0.374 e. The van der Waals surface area contributed by atoms with Gasteiger partial charge in [-0.05, 0) is 37.7 Å². The van der Waals surface area contributed by atoms with Crippen LogP contribution < -0.4 is 10.6 Å². The van der Waals surface area contributed by atoms with Crippen molar-refractivity contribution in [2.24, 2.45) is 11.3 Å². The Hall–Kier alpha value is -1.83. The Bertz CT molecular complexity index is 653. The second-order valence-corrected chi connectivity index (χ2v) is 6.95. The summed E-state index contributed by atoms with van der Waals surface area (Å²) in [6.07, 6.45) is 3.10. The van der Waals surface area contributed by atoms with E-state index < -0.39 is 6.43 Å². The van der Waals surface area contributed by atoms with Crippen LogP contribution in [-0.2, 0) is 11.3 Å². The van der Waals surface area contributed by atoms with E-state index in [2.05, 4.69) is 20.6 Å². The summed E-state index contributed by atoms with van der Waals surface area (Å²) in [6.45, 7) is 1.42. The summed E-state index contributed by atoms with van der Waals surface area (Å²) >= 11 is 0. The van der Waals surface area contributed by atoms with Crippen molar-refractivity contribution in [2.75, 3.05) is 13.2 Å². The lowest BCUT2D eigenvalue weighted by atomic mass is 9.68. The smallest absolute Gasteiger partial charge is 0.315 e. The van der Waals surface area contributed by atoms with Crippen LogP contribution in [-0.4, -0.2) is 34.8 Å². The van der Waals surface area contributed by atoms with Crippen LogP contribution in [0.25, 0.3) is 0 Å². The molecule has 1 saturated heterocycles. The number of carbonyl (C=O) groups excluding carboxylic acids is 1. The quantitative estimate of drug-likeness (QED) is 0.863. The van der Waals surface area contributed by atoms with Gasteiger partial charge in [-0.1, -0.05) is 0 Å². The van der Waals surface area contributed by atoms with Crippen molar-refractivity contribution in [3.63, 3.8) is 0 Å². The number of alkyl halides is 2. The lowest BCUT2D eigenvalue weighted by Gasteiger charge is -2.45. The van der Waals surface area contributed by atoms with E-state index in [1.165, 1.54) is 18.7 Å². The van der Waals surface area contributed by atoms with Gasteiger partial charge in [0.15, 0.2) is 0 Å². The predicted octanol–water partition coefficient (Wildman–Crippen LogP) is 2.17. The van der Waals surface area contributed by atoms with Crippen molar-refractivity contribution in [2.45, 2.75) is 44.3 Å². The zero-order chi connectivity index (χ0) is 16.8. The van der Waals surface area contributed by atoms with Gasteiger partial charge in [-0.25, -0.2) is 23.5 Å². The third kappa shape index (κ3) is 2.44. The number of nitrogens with one attached hydrogen (secondary N) is 2. The first kappa shape index (κ1) is 15.7. The summed E-state index contributed by atoms with van der Waals surface area (Å²) in [7, 11) is 0. The molecule has 24 heavy (non-hydrogen) atoms. The highest BCUT2D eigenvalue weighted by Gasteiger charge is 2.73. The Balaban J connectivity index is 1.28. The lowest BCUT2D eigenvalue weighted by molar-refractivity contribution is -0.109. The number of rotatable bonds is 5. The van der Waals surface area contributed by atoms with Gasteiger partial charge >= 0.3 is 6.03 Å². The molecule has 2 saturated carbocycles. The molecular formula is C16H20F2N4O2. The molecule has 0 aromatic carbocycles. The molecule has 6 nitrogen and oxygen atoms in total. The summed E-state index contributed by atoms with van der Waals surface area (Å²) in [5, 5.41) is 5.53. The molecule has 2 aliphatic carbocycles. The van der Waals surface area contributed by atoms with Crippen LogP contribution in [0.15, 0.2) is 12.3 Å². The molecule has 0 unspecified atom stereocenters. The van der Waals surface area contributed by atoms with Crippen LogP contribution in [0.5, 0.6) is 0 Å². The third-order valence-corrected chi connectivity index (χ3v) is 5.78. The van der Waals surface area contributed by atoms with E-state index >= 15 is 0 Å². The van der Waals surface area contributed by atoms with Crippen LogP contribution in [0.1, 0.15) is 43.6 Å². The molecular weight excluding hydrogens is 318 g/mol.